The van der Waals surface area contributed by atoms with Gasteiger partial charge in [-0.15, -0.1) is 11.3 Å². The summed E-state index contributed by atoms with van der Waals surface area (Å²) < 4.78 is 13.7. The Hall–Kier alpha value is -1.38. The van der Waals surface area contributed by atoms with Crippen molar-refractivity contribution in [3.8, 4) is 0 Å². The molecule has 0 unspecified atom stereocenters. The number of non-ortho nitro benzene ring substituents is 1. The third kappa shape index (κ3) is 2.72. The maximum Gasteiger partial charge on any atom is 0.271 e. The van der Waals surface area contributed by atoms with E-state index in [9.17, 15) is 14.3 Å². The predicted octanol–water partition coefficient (Wildman–Crippen LogP) is 2.06. The van der Waals surface area contributed by atoms with Crippen molar-refractivity contribution in [2.24, 2.45) is 0 Å². The maximum atomic E-state index is 12.3. The highest BCUT2D eigenvalue weighted by Gasteiger charge is 2.20. The first-order chi connectivity index (χ1) is 9.63. The molecule has 0 amide bonds. The fourth-order valence-electron chi connectivity index (χ4n) is 2.26. The highest BCUT2D eigenvalue weighted by molar-refractivity contribution is 7.87. The number of aromatic nitrogens is 1. The van der Waals surface area contributed by atoms with E-state index in [4.69, 9.17) is 0 Å². The van der Waals surface area contributed by atoms with Gasteiger partial charge in [0.2, 0.25) is 0 Å². The molecular weight excluding hydrogens is 298 g/mol. The van der Waals surface area contributed by atoms with Crippen molar-refractivity contribution >= 4 is 38.0 Å². The van der Waals surface area contributed by atoms with Crippen LogP contribution in [0.3, 0.4) is 0 Å². The number of nitrogens with one attached hydrogen (secondary N) is 1. The van der Waals surface area contributed by atoms with Crippen molar-refractivity contribution < 1.29 is 9.13 Å². The molecule has 20 heavy (non-hydrogen) atoms. The van der Waals surface area contributed by atoms with Gasteiger partial charge in [-0.3, -0.25) is 14.3 Å². The minimum absolute atomic E-state index is 0.0117. The molecule has 1 saturated heterocycles. The fraction of sp³-hybridized carbons (Fsp3) is 0.417. The van der Waals surface area contributed by atoms with Gasteiger partial charge in [-0.1, -0.05) is 0 Å². The molecular formula is C12H13N3O3S2. The molecule has 1 fully saturated rings. The van der Waals surface area contributed by atoms with Crippen molar-refractivity contribution in [3.05, 3.63) is 28.3 Å². The molecule has 6 nitrogen and oxygen atoms in total. The van der Waals surface area contributed by atoms with Crippen molar-refractivity contribution in [1.29, 1.82) is 0 Å². The van der Waals surface area contributed by atoms with Crippen LogP contribution in [0, 0.1) is 10.1 Å². The first-order valence-corrected chi connectivity index (χ1v) is 8.44. The lowest BCUT2D eigenvalue weighted by Gasteiger charge is -2.07. The second kappa shape index (κ2) is 5.55. The molecule has 0 radical (unpaired) electrons. The summed E-state index contributed by atoms with van der Waals surface area (Å²) >= 11 is 1.35. The van der Waals surface area contributed by atoms with E-state index in [2.05, 4.69) is 10.3 Å². The van der Waals surface area contributed by atoms with Gasteiger partial charge < -0.3 is 5.32 Å². The molecule has 2 aromatic rings. The van der Waals surface area contributed by atoms with Crippen LogP contribution in [0.25, 0.3) is 10.2 Å². The summed E-state index contributed by atoms with van der Waals surface area (Å²) in [4.78, 5) is 14.6. The van der Waals surface area contributed by atoms with Crippen LogP contribution in [0.5, 0.6) is 0 Å². The van der Waals surface area contributed by atoms with Gasteiger partial charge in [-0.25, -0.2) is 4.98 Å². The van der Waals surface area contributed by atoms with Gasteiger partial charge in [0.1, 0.15) is 0 Å². The Balaban J connectivity index is 1.84. The molecule has 2 heterocycles. The molecule has 1 aromatic heterocycles. The van der Waals surface area contributed by atoms with Crippen molar-refractivity contribution in [1.82, 2.24) is 10.3 Å². The third-order valence-electron chi connectivity index (χ3n) is 3.27. The van der Waals surface area contributed by atoms with Crippen molar-refractivity contribution in [3.63, 3.8) is 0 Å². The van der Waals surface area contributed by atoms with Crippen molar-refractivity contribution in [2.45, 2.75) is 23.2 Å². The Labute approximate surface area is 121 Å². The van der Waals surface area contributed by atoms with Gasteiger partial charge in [-0.2, -0.15) is 0 Å². The lowest BCUT2D eigenvalue weighted by molar-refractivity contribution is -0.384. The highest BCUT2D eigenvalue weighted by Crippen LogP contribution is 2.28. The highest BCUT2D eigenvalue weighted by atomic mass is 32.2. The van der Waals surface area contributed by atoms with E-state index in [0.29, 0.717) is 15.6 Å². The third-order valence-corrected chi connectivity index (χ3v) is 6.10. The van der Waals surface area contributed by atoms with Crippen LogP contribution in [0.4, 0.5) is 5.69 Å². The van der Waals surface area contributed by atoms with Crippen LogP contribution in [0.15, 0.2) is 22.5 Å². The summed E-state index contributed by atoms with van der Waals surface area (Å²) in [6.07, 6.45) is 2.16. The minimum Gasteiger partial charge on any atom is -0.313 e. The monoisotopic (exact) mass is 311 g/mol. The Morgan fingerprint density at radius 1 is 1.55 bits per heavy atom. The Morgan fingerprint density at radius 2 is 2.40 bits per heavy atom. The zero-order valence-electron chi connectivity index (χ0n) is 10.6. The first-order valence-electron chi connectivity index (χ1n) is 6.30. The number of nitro groups is 1. The second-order valence-electron chi connectivity index (χ2n) is 4.69. The topological polar surface area (TPSA) is 85.1 Å². The fourth-order valence-corrected chi connectivity index (χ4v) is 4.77. The van der Waals surface area contributed by atoms with Gasteiger partial charge in [0.25, 0.3) is 5.69 Å². The van der Waals surface area contributed by atoms with Gasteiger partial charge in [0.15, 0.2) is 4.34 Å². The minimum atomic E-state index is -1.15. The van der Waals surface area contributed by atoms with Crippen LogP contribution in [0.1, 0.15) is 12.8 Å². The average molecular weight is 311 g/mol. The number of benzene rings is 1. The first kappa shape index (κ1) is 13.6. The van der Waals surface area contributed by atoms with Crippen LogP contribution in [-0.4, -0.2) is 32.5 Å². The molecule has 0 aliphatic carbocycles. The smallest absolute Gasteiger partial charge is 0.271 e. The number of thiazole rings is 1. The number of rotatable bonds is 4. The molecule has 0 bridgehead atoms. The van der Waals surface area contributed by atoms with E-state index in [-0.39, 0.29) is 11.7 Å². The second-order valence-corrected chi connectivity index (χ2v) is 7.39. The zero-order valence-corrected chi connectivity index (χ0v) is 12.2. The zero-order chi connectivity index (χ0) is 14.1. The Kier molecular flexibility index (Phi) is 3.77. The van der Waals surface area contributed by atoms with E-state index < -0.39 is 15.7 Å². The van der Waals surface area contributed by atoms with E-state index in [1.165, 1.54) is 23.5 Å². The van der Waals surface area contributed by atoms with Gasteiger partial charge in [0.05, 0.1) is 25.9 Å². The van der Waals surface area contributed by atoms with Crippen molar-refractivity contribution in [2.75, 3.05) is 12.3 Å². The summed E-state index contributed by atoms with van der Waals surface area (Å²) in [5.41, 5.74) is 0.560. The van der Waals surface area contributed by atoms with Crippen LogP contribution in [0.2, 0.25) is 0 Å². The summed E-state index contributed by atoms with van der Waals surface area (Å²) in [5.74, 6) is 0.557. The molecule has 0 saturated carbocycles. The van der Waals surface area contributed by atoms with E-state index >= 15 is 0 Å². The SMILES string of the molecule is O=[N+]([O-])c1ccc2sc([S@@](=O)C[C@H]3CCCN3)nc2c1. The van der Waals surface area contributed by atoms with Crippen LogP contribution < -0.4 is 5.32 Å². The standard InChI is InChI=1S/C12H13N3O3S2/c16-15(17)9-3-4-11-10(6-9)14-12(19-11)20(18)7-8-2-1-5-13-8/h3-4,6,8,13H,1-2,5,7H2/t8-,20+/m1/s1. The molecule has 2 atom stereocenters. The Bertz CT molecular complexity index is 680. The molecule has 8 heteroatoms. The number of fused-ring (bicyclic) bond motifs is 1. The molecule has 106 valence electrons. The Morgan fingerprint density at radius 3 is 3.10 bits per heavy atom. The maximum absolute atomic E-state index is 12.3. The number of nitro benzene ring substituents is 1. The van der Waals surface area contributed by atoms with E-state index in [0.717, 1.165) is 24.1 Å². The van der Waals surface area contributed by atoms with E-state index in [1.807, 2.05) is 0 Å². The summed E-state index contributed by atoms with van der Waals surface area (Å²) in [5, 5.41) is 14.0. The lowest BCUT2D eigenvalue weighted by Crippen LogP contribution is -2.27. The van der Waals surface area contributed by atoms with Gasteiger partial charge >= 0.3 is 0 Å². The average Bonchev–Trinajstić information content (AvgIpc) is 3.05. The molecule has 1 N–H and O–H groups in total. The molecule has 3 rings (SSSR count). The number of nitrogens with zero attached hydrogens (tertiary/aromatic N) is 2. The largest absolute Gasteiger partial charge is 0.313 e. The summed E-state index contributed by atoms with van der Waals surface area (Å²) in [6.45, 7) is 0.980. The molecule has 0 spiro atoms. The molecule has 1 aliphatic rings. The van der Waals surface area contributed by atoms with Crippen LogP contribution in [-0.2, 0) is 10.8 Å². The molecule has 1 aliphatic heterocycles. The van der Waals surface area contributed by atoms with Crippen LogP contribution >= 0.6 is 11.3 Å². The molecule has 1 aromatic carbocycles. The summed E-state index contributed by atoms with van der Waals surface area (Å²) in [7, 11) is -1.15. The predicted molar refractivity (Wildman–Crippen MR) is 78.6 cm³/mol. The van der Waals surface area contributed by atoms with Gasteiger partial charge in [-0.05, 0) is 25.5 Å². The normalized spacial score (nSPS) is 20.3. The number of hydrogen-bond donors (Lipinski definition) is 1. The van der Waals surface area contributed by atoms with E-state index in [1.54, 1.807) is 6.07 Å². The summed E-state index contributed by atoms with van der Waals surface area (Å²) in [6, 6.07) is 4.84. The lowest BCUT2D eigenvalue weighted by atomic mass is 10.3. The number of hydrogen-bond acceptors (Lipinski definition) is 6. The van der Waals surface area contributed by atoms with Gasteiger partial charge in [0, 0.05) is 23.9 Å². The quantitative estimate of drug-likeness (QED) is 0.690.